The maximum absolute atomic E-state index is 12.8. The van der Waals surface area contributed by atoms with Crippen molar-refractivity contribution in [3.8, 4) is 11.3 Å². The summed E-state index contributed by atoms with van der Waals surface area (Å²) in [5.74, 6) is 0.949. The largest absolute Gasteiger partial charge is 0.344 e. The minimum absolute atomic E-state index is 0.0431. The summed E-state index contributed by atoms with van der Waals surface area (Å²) in [6.07, 6.45) is 2.56. The molecule has 0 spiro atoms. The molecule has 6 nitrogen and oxygen atoms in total. The van der Waals surface area contributed by atoms with E-state index in [0.717, 1.165) is 46.0 Å². The molecule has 3 heterocycles. The Labute approximate surface area is 152 Å². The van der Waals surface area contributed by atoms with E-state index >= 15 is 0 Å². The number of fused-ring (bicyclic) bond motifs is 1. The number of hydrogen-bond acceptors (Lipinski definition) is 4. The van der Waals surface area contributed by atoms with Gasteiger partial charge in [-0.25, -0.2) is 4.98 Å². The predicted molar refractivity (Wildman–Crippen MR) is 98.7 cm³/mol. The summed E-state index contributed by atoms with van der Waals surface area (Å²) in [6.45, 7) is 7.28. The maximum Gasteiger partial charge on any atom is 0.254 e. The molecular formula is C20H21N5O. The Balaban J connectivity index is 1.55. The molecule has 0 unspecified atom stereocenters. The van der Waals surface area contributed by atoms with Crippen molar-refractivity contribution >= 4 is 5.91 Å². The molecule has 0 atom stereocenters. The second-order valence-electron chi connectivity index (χ2n) is 6.80. The Kier molecular flexibility index (Phi) is 4.03. The Hall–Kier alpha value is -3.02. The van der Waals surface area contributed by atoms with Gasteiger partial charge in [0.05, 0.1) is 29.8 Å². The fourth-order valence-corrected chi connectivity index (χ4v) is 3.37. The van der Waals surface area contributed by atoms with Gasteiger partial charge in [0.2, 0.25) is 0 Å². The van der Waals surface area contributed by atoms with E-state index in [-0.39, 0.29) is 5.91 Å². The molecule has 1 aromatic carbocycles. The molecule has 0 radical (unpaired) electrons. The molecule has 1 amide bonds. The number of H-pyrrole nitrogens is 1. The molecule has 0 aliphatic carbocycles. The van der Waals surface area contributed by atoms with Gasteiger partial charge in [-0.2, -0.15) is 10.2 Å². The summed E-state index contributed by atoms with van der Waals surface area (Å²) in [4.78, 5) is 22.4. The van der Waals surface area contributed by atoms with Crippen LogP contribution in [0.4, 0.5) is 0 Å². The highest BCUT2D eigenvalue weighted by Gasteiger charge is 2.24. The summed E-state index contributed by atoms with van der Waals surface area (Å²) >= 11 is 0. The van der Waals surface area contributed by atoms with Gasteiger partial charge in [0.25, 0.3) is 5.91 Å². The van der Waals surface area contributed by atoms with Crippen molar-refractivity contribution in [2.45, 2.75) is 33.7 Å². The highest BCUT2D eigenvalue weighted by Crippen LogP contribution is 2.24. The van der Waals surface area contributed by atoms with Crippen LogP contribution in [0.2, 0.25) is 0 Å². The minimum Gasteiger partial charge on any atom is -0.344 e. The Morgan fingerprint density at radius 3 is 2.69 bits per heavy atom. The van der Waals surface area contributed by atoms with Crippen LogP contribution in [-0.2, 0) is 13.0 Å². The molecular weight excluding hydrogens is 326 g/mol. The van der Waals surface area contributed by atoms with E-state index in [0.29, 0.717) is 18.7 Å². The summed E-state index contributed by atoms with van der Waals surface area (Å²) in [5.41, 5.74) is 6.86. The normalized spacial score (nSPS) is 13.6. The van der Waals surface area contributed by atoms with E-state index in [1.807, 2.05) is 49.9 Å². The fraction of sp³-hybridized carbons (Fsp3) is 0.300. The molecule has 3 aromatic rings. The zero-order valence-corrected chi connectivity index (χ0v) is 15.2. The fourth-order valence-electron chi connectivity index (χ4n) is 3.37. The quantitative estimate of drug-likeness (QED) is 0.773. The highest BCUT2D eigenvalue weighted by molar-refractivity contribution is 5.94. The summed E-state index contributed by atoms with van der Waals surface area (Å²) in [5, 5.41) is 8.29. The van der Waals surface area contributed by atoms with Crippen molar-refractivity contribution < 1.29 is 4.79 Å². The first-order chi connectivity index (χ1) is 12.5. The van der Waals surface area contributed by atoms with Crippen molar-refractivity contribution in [2.75, 3.05) is 6.54 Å². The minimum atomic E-state index is 0.0431. The van der Waals surface area contributed by atoms with Gasteiger partial charge in [-0.1, -0.05) is 12.1 Å². The topological polar surface area (TPSA) is 74.8 Å². The first kappa shape index (κ1) is 16.4. The van der Waals surface area contributed by atoms with Crippen LogP contribution in [0.15, 0.2) is 30.5 Å². The highest BCUT2D eigenvalue weighted by atomic mass is 16.2. The van der Waals surface area contributed by atoms with Crippen LogP contribution < -0.4 is 0 Å². The number of carbonyl (C=O) groups is 1. The molecule has 2 aromatic heterocycles. The van der Waals surface area contributed by atoms with E-state index in [1.165, 1.54) is 0 Å². The van der Waals surface area contributed by atoms with Gasteiger partial charge >= 0.3 is 0 Å². The Morgan fingerprint density at radius 1 is 1.15 bits per heavy atom. The summed E-state index contributed by atoms with van der Waals surface area (Å²) in [6, 6.07) is 7.63. The number of hydrogen-bond donors (Lipinski definition) is 1. The van der Waals surface area contributed by atoms with Crippen molar-refractivity contribution in [1.82, 2.24) is 25.1 Å². The molecule has 132 valence electrons. The number of aryl methyl sites for hydroxylation is 2. The van der Waals surface area contributed by atoms with E-state index < -0.39 is 0 Å². The number of amides is 1. The molecule has 4 rings (SSSR count). The van der Waals surface area contributed by atoms with Crippen LogP contribution in [0.3, 0.4) is 0 Å². The zero-order chi connectivity index (χ0) is 18.3. The molecule has 26 heavy (non-hydrogen) atoms. The van der Waals surface area contributed by atoms with Crippen molar-refractivity contribution in [1.29, 1.82) is 0 Å². The van der Waals surface area contributed by atoms with Crippen LogP contribution >= 0.6 is 0 Å². The predicted octanol–water partition coefficient (Wildman–Crippen LogP) is 2.99. The number of rotatable bonds is 2. The molecule has 0 saturated heterocycles. The van der Waals surface area contributed by atoms with E-state index in [4.69, 9.17) is 0 Å². The number of carbonyl (C=O) groups excluding carboxylic acids is 1. The number of imidazole rings is 1. The summed E-state index contributed by atoms with van der Waals surface area (Å²) in [7, 11) is 0. The maximum atomic E-state index is 12.8. The molecule has 1 aliphatic heterocycles. The van der Waals surface area contributed by atoms with E-state index in [2.05, 4.69) is 20.2 Å². The lowest BCUT2D eigenvalue weighted by atomic mass is 10.0. The molecule has 1 N–H and O–H groups in total. The third kappa shape index (κ3) is 2.87. The van der Waals surface area contributed by atoms with Crippen LogP contribution in [0, 0.1) is 20.8 Å². The first-order valence-electron chi connectivity index (χ1n) is 8.76. The number of benzene rings is 1. The van der Waals surface area contributed by atoms with Gasteiger partial charge in [-0.15, -0.1) is 0 Å². The average molecular weight is 347 g/mol. The second kappa shape index (κ2) is 6.37. The van der Waals surface area contributed by atoms with Crippen LogP contribution in [0.5, 0.6) is 0 Å². The third-order valence-corrected chi connectivity index (χ3v) is 5.00. The van der Waals surface area contributed by atoms with Crippen molar-refractivity contribution in [3.63, 3.8) is 0 Å². The Morgan fingerprint density at radius 2 is 1.92 bits per heavy atom. The second-order valence-corrected chi connectivity index (χ2v) is 6.80. The van der Waals surface area contributed by atoms with E-state index in [9.17, 15) is 4.79 Å². The first-order valence-corrected chi connectivity index (χ1v) is 8.76. The summed E-state index contributed by atoms with van der Waals surface area (Å²) < 4.78 is 0. The lowest BCUT2D eigenvalue weighted by Crippen LogP contribution is -2.36. The van der Waals surface area contributed by atoms with Gasteiger partial charge in [-0.3, -0.25) is 4.79 Å². The Bertz CT molecular complexity index is 974. The van der Waals surface area contributed by atoms with Gasteiger partial charge < -0.3 is 9.88 Å². The van der Waals surface area contributed by atoms with Crippen molar-refractivity contribution in [3.05, 3.63) is 64.4 Å². The van der Waals surface area contributed by atoms with Crippen LogP contribution in [0.1, 0.15) is 38.7 Å². The van der Waals surface area contributed by atoms with E-state index in [1.54, 1.807) is 6.20 Å². The van der Waals surface area contributed by atoms with Gasteiger partial charge in [0.1, 0.15) is 5.82 Å². The van der Waals surface area contributed by atoms with Crippen molar-refractivity contribution in [2.24, 2.45) is 0 Å². The smallest absolute Gasteiger partial charge is 0.254 e. The van der Waals surface area contributed by atoms with Crippen LogP contribution in [0.25, 0.3) is 11.3 Å². The number of aromatic nitrogens is 4. The molecule has 1 aliphatic rings. The molecule has 0 bridgehead atoms. The van der Waals surface area contributed by atoms with Gasteiger partial charge in [-0.05, 0) is 44.0 Å². The van der Waals surface area contributed by atoms with Gasteiger partial charge in [0.15, 0.2) is 0 Å². The number of nitrogens with zero attached hydrogens (tertiary/aromatic N) is 4. The number of aromatic amines is 1. The molecule has 0 fully saturated rings. The van der Waals surface area contributed by atoms with Gasteiger partial charge in [0, 0.05) is 24.1 Å². The van der Waals surface area contributed by atoms with Crippen LogP contribution in [-0.4, -0.2) is 37.5 Å². The third-order valence-electron chi connectivity index (χ3n) is 5.00. The molecule has 6 heteroatoms. The lowest BCUT2D eigenvalue weighted by Gasteiger charge is -2.26. The lowest BCUT2D eigenvalue weighted by molar-refractivity contribution is 0.0732. The standard InChI is InChI=1S/C20H21N5O/c1-12-10-21-24-19(13(12)2)15-4-6-16(7-5-15)20(26)25-9-8-17-18(11-25)23-14(3)22-17/h4-7,10H,8-9,11H2,1-3H3,(H,22,23). The monoisotopic (exact) mass is 347 g/mol. The zero-order valence-electron chi connectivity index (χ0n) is 15.2. The number of nitrogens with one attached hydrogen (secondary N) is 1. The average Bonchev–Trinajstić information content (AvgIpc) is 3.03. The molecule has 0 saturated carbocycles. The SMILES string of the molecule is Cc1nc2c([nH]1)CN(C(=O)c1ccc(-c3nncc(C)c3C)cc1)CC2.